The Kier molecular flexibility index (Phi) is 3.14. The summed E-state index contributed by atoms with van der Waals surface area (Å²) in [5, 5.41) is 9.42. The quantitative estimate of drug-likeness (QED) is 0.710. The molecule has 0 aromatic heterocycles. The Bertz CT molecular complexity index is 269. The smallest absolute Gasteiger partial charge is 0.109 e. The summed E-state index contributed by atoms with van der Waals surface area (Å²) in [6.07, 6.45) is -0.468. The van der Waals surface area contributed by atoms with Crippen LogP contribution in [0.15, 0.2) is 30.3 Å². The number of rotatable bonds is 5. The van der Waals surface area contributed by atoms with E-state index in [0.29, 0.717) is 19.8 Å². The van der Waals surface area contributed by atoms with Crippen molar-refractivity contribution >= 4 is 0 Å². The second kappa shape index (κ2) is 4.55. The molecule has 1 fully saturated rings. The fourth-order valence-electron chi connectivity index (χ4n) is 1.26. The van der Waals surface area contributed by atoms with Crippen LogP contribution in [0.25, 0.3) is 0 Å². The van der Waals surface area contributed by atoms with Gasteiger partial charge in [0.1, 0.15) is 12.2 Å². The van der Waals surface area contributed by atoms with Crippen molar-refractivity contribution in [1.82, 2.24) is 0 Å². The van der Waals surface area contributed by atoms with Crippen molar-refractivity contribution in [2.75, 3.05) is 13.2 Å². The number of aliphatic hydroxyl groups is 1. The van der Waals surface area contributed by atoms with E-state index in [4.69, 9.17) is 9.47 Å². The first-order valence-corrected chi connectivity index (χ1v) is 4.77. The van der Waals surface area contributed by atoms with Gasteiger partial charge in [-0.3, -0.25) is 0 Å². The van der Waals surface area contributed by atoms with Gasteiger partial charge in [-0.15, -0.1) is 0 Å². The molecule has 2 atom stereocenters. The molecular formula is C11H14O3. The number of hydrogen-bond acceptors (Lipinski definition) is 3. The summed E-state index contributed by atoms with van der Waals surface area (Å²) in [6.45, 7) is 1.56. The van der Waals surface area contributed by atoms with Gasteiger partial charge in [0.25, 0.3) is 0 Å². The van der Waals surface area contributed by atoms with Crippen molar-refractivity contribution in [3.8, 4) is 0 Å². The SMILES string of the molecule is O[C@@H](COCc1ccccc1)C1CO1. The first kappa shape index (κ1) is 9.65. The number of epoxide rings is 1. The highest BCUT2D eigenvalue weighted by atomic mass is 16.6. The van der Waals surface area contributed by atoms with Crippen LogP contribution in [0.1, 0.15) is 5.56 Å². The molecule has 14 heavy (non-hydrogen) atoms. The summed E-state index contributed by atoms with van der Waals surface area (Å²) in [5.74, 6) is 0. The molecule has 2 rings (SSSR count). The minimum atomic E-state index is -0.473. The molecule has 0 aliphatic carbocycles. The summed E-state index contributed by atoms with van der Waals surface area (Å²) in [7, 11) is 0. The number of aliphatic hydroxyl groups excluding tert-OH is 1. The third-order valence-corrected chi connectivity index (χ3v) is 2.19. The number of hydrogen-bond donors (Lipinski definition) is 1. The third-order valence-electron chi connectivity index (χ3n) is 2.19. The van der Waals surface area contributed by atoms with Crippen LogP contribution in [-0.4, -0.2) is 30.5 Å². The van der Waals surface area contributed by atoms with E-state index in [1.54, 1.807) is 0 Å². The molecule has 1 heterocycles. The van der Waals surface area contributed by atoms with Crippen molar-refractivity contribution in [3.63, 3.8) is 0 Å². The Labute approximate surface area is 83.3 Å². The monoisotopic (exact) mass is 194 g/mol. The summed E-state index contributed by atoms with van der Waals surface area (Å²) in [6, 6.07) is 9.91. The zero-order valence-corrected chi connectivity index (χ0v) is 7.93. The van der Waals surface area contributed by atoms with E-state index in [1.807, 2.05) is 30.3 Å². The van der Waals surface area contributed by atoms with Gasteiger partial charge in [-0.2, -0.15) is 0 Å². The van der Waals surface area contributed by atoms with Gasteiger partial charge in [0, 0.05) is 0 Å². The Balaban J connectivity index is 1.67. The van der Waals surface area contributed by atoms with E-state index in [1.165, 1.54) is 0 Å². The zero-order valence-electron chi connectivity index (χ0n) is 7.93. The van der Waals surface area contributed by atoms with E-state index >= 15 is 0 Å². The molecule has 1 aromatic carbocycles. The maximum Gasteiger partial charge on any atom is 0.109 e. The Morgan fingerprint density at radius 1 is 1.43 bits per heavy atom. The summed E-state index contributed by atoms with van der Waals surface area (Å²) < 4.78 is 10.3. The third kappa shape index (κ3) is 2.80. The van der Waals surface area contributed by atoms with E-state index in [-0.39, 0.29) is 6.10 Å². The van der Waals surface area contributed by atoms with Crippen molar-refractivity contribution in [2.24, 2.45) is 0 Å². The molecule has 1 aliphatic heterocycles. The average Bonchev–Trinajstić information content (AvgIpc) is 3.02. The predicted octanol–water partition coefficient (Wildman–Crippen LogP) is 0.963. The van der Waals surface area contributed by atoms with Gasteiger partial charge in [-0.05, 0) is 5.56 Å². The maximum atomic E-state index is 9.42. The second-order valence-corrected chi connectivity index (χ2v) is 3.44. The molecule has 0 bridgehead atoms. The molecular weight excluding hydrogens is 180 g/mol. The van der Waals surface area contributed by atoms with Gasteiger partial charge in [0.15, 0.2) is 0 Å². The molecule has 1 aliphatic rings. The van der Waals surface area contributed by atoms with Crippen LogP contribution in [0, 0.1) is 0 Å². The van der Waals surface area contributed by atoms with Gasteiger partial charge in [-0.1, -0.05) is 30.3 Å². The largest absolute Gasteiger partial charge is 0.388 e. The Morgan fingerprint density at radius 2 is 2.14 bits per heavy atom. The van der Waals surface area contributed by atoms with E-state index in [9.17, 15) is 5.11 Å². The lowest BCUT2D eigenvalue weighted by Gasteiger charge is -2.08. The summed E-state index contributed by atoms with van der Waals surface area (Å²) in [5.41, 5.74) is 1.12. The second-order valence-electron chi connectivity index (χ2n) is 3.44. The van der Waals surface area contributed by atoms with Crippen LogP contribution >= 0.6 is 0 Å². The van der Waals surface area contributed by atoms with Crippen molar-refractivity contribution in [1.29, 1.82) is 0 Å². The van der Waals surface area contributed by atoms with Crippen molar-refractivity contribution in [2.45, 2.75) is 18.8 Å². The molecule has 76 valence electrons. The van der Waals surface area contributed by atoms with E-state index < -0.39 is 6.10 Å². The standard InChI is InChI=1S/C11H14O3/c12-10(11-8-14-11)7-13-6-9-4-2-1-3-5-9/h1-5,10-12H,6-8H2/t10-,11?/m0/s1. The predicted molar refractivity (Wildman–Crippen MR) is 51.8 cm³/mol. The highest BCUT2D eigenvalue weighted by molar-refractivity contribution is 5.13. The first-order chi connectivity index (χ1) is 6.86. The van der Waals surface area contributed by atoms with Crippen LogP contribution in [0.2, 0.25) is 0 Å². The molecule has 0 radical (unpaired) electrons. The van der Waals surface area contributed by atoms with E-state index in [2.05, 4.69) is 0 Å². The molecule has 1 unspecified atom stereocenters. The Hall–Kier alpha value is -0.900. The average molecular weight is 194 g/mol. The lowest BCUT2D eigenvalue weighted by Crippen LogP contribution is -2.21. The van der Waals surface area contributed by atoms with Gasteiger partial charge >= 0.3 is 0 Å². The highest BCUT2D eigenvalue weighted by Crippen LogP contribution is 2.14. The Morgan fingerprint density at radius 3 is 2.79 bits per heavy atom. The fourth-order valence-corrected chi connectivity index (χ4v) is 1.26. The summed E-state index contributed by atoms with van der Waals surface area (Å²) >= 11 is 0. The normalized spacial score (nSPS) is 21.9. The lowest BCUT2D eigenvalue weighted by atomic mass is 10.2. The fraction of sp³-hybridized carbons (Fsp3) is 0.455. The zero-order chi connectivity index (χ0) is 9.80. The summed E-state index contributed by atoms with van der Waals surface area (Å²) in [4.78, 5) is 0. The number of benzene rings is 1. The number of ether oxygens (including phenoxy) is 2. The molecule has 3 nitrogen and oxygen atoms in total. The van der Waals surface area contributed by atoms with Crippen LogP contribution in [0.3, 0.4) is 0 Å². The van der Waals surface area contributed by atoms with Gasteiger partial charge < -0.3 is 14.6 Å². The van der Waals surface area contributed by atoms with Crippen molar-refractivity contribution < 1.29 is 14.6 Å². The van der Waals surface area contributed by atoms with E-state index in [0.717, 1.165) is 5.56 Å². The van der Waals surface area contributed by atoms with Crippen LogP contribution < -0.4 is 0 Å². The molecule has 0 saturated carbocycles. The van der Waals surface area contributed by atoms with Crippen LogP contribution in [0.4, 0.5) is 0 Å². The van der Waals surface area contributed by atoms with Crippen LogP contribution in [0.5, 0.6) is 0 Å². The molecule has 1 N–H and O–H groups in total. The van der Waals surface area contributed by atoms with Gasteiger partial charge in [-0.25, -0.2) is 0 Å². The van der Waals surface area contributed by atoms with Crippen LogP contribution in [-0.2, 0) is 16.1 Å². The highest BCUT2D eigenvalue weighted by Gasteiger charge is 2.31. The molecule has 0 amide bonds. The molecule has 0 spiro atoms. The van der Waals surface area contributed by atoms with Gasteiger partial charge in [0.2, 0.25) is 0 Å². The van der Waals surface area contributed by atoms with Crippen molar-refractivity contribution in [3.05, 3.63) is 35.9 Å². The minimum Gasteiger partial charge on any atom is -0.388 e. The topological polar surface area (TPSA) is 42.0 Å². The molecule has 1 saturated heterocycles. The minimum absolute atomic E-state index is 0.00535. The maximum absolute atomic E-state index is 9.42. The lowest BCUT2D eigenvalue weighted by molar-refractivity contribution is 0.0148. The molecule has 3 heteroatoms. The molecule has 1 aromatic rings. The van der Waals surface area contributed by atoms with Gasteiger partial charge in [0.05, 0.1) is 19.8 Å². The first-order valence-electron chi connectivity index (χ1n) is 4.77.